The molecule has 2 N–H and O–H groups in total. The molecule has 0 fully saturated rings. The Kier molecular flexibility index (Phi) is 6.63. The maximum atomic E-state index is 12.1. The van der Waals surface area contributed by atoms with Gasteiger partial charge in [-0.2, -0.15) is 0 Å². The number of halogens is 2. The van der Waals surface area contributed by atoms with Crippen molar-refractivity contribution in [3.05, 3.63) is 63.1 Å². The van der Waals surface area contributed by atoms with E-state index in [1.54, 1.807) is 0 Å². The van der Waals surface area contributed by atoms with Crippen LogP contribution < -0.4 is 10.6 Å². The Bertz CT molecular complexity index is 673. The second-order valence-electron chi connectivity index (χ2n) is 5.42. The number of hydrogen-bond donors (Lipinski definition) is 2. The molecule has 122 valence electrons. The summed E-state index contributed by atoms with van der Waals surface area (Å²) in [4.78, 5) is 12.1. The Morgan fingerprint density at radius 3 is 2.52 bits per heavy atom. The Labute approximate surface area is 150 Å². The maximum Gasteiger partial charge on any atom is 0.238 e. The summed E-state index contributed by atoms with van der Waals surface area (Å²) in [5, 5.41) is 6.68. The molecule has 3 nitrogen and oxygen atoms in total. The third kappa shape index (κ3) is 5.34. The zero-order valence-electron chi connectivity index (χ0n) is 13.2. The molecule has 0 aliphatic rings. The first-order valence-electron chi connectivity index (χ1n) is 7.54. The Morgan fingerprint density at radius 1 is 1.22 bits per heavy atom. The number of amides is 1. The molecular formula is C18H20BrClN2O. The van der Waals surface area contributed by atoms with Crippen LogP contribution >= 0.6 is 27.5 Å². The van der Waals surface area contributed by atoms with E-state index in [0.29, 0.717) is 10.7 Å². The van der Waals surface area contributed by atoms with Crippen molar-refractivity contribution in [2.24, 2.45) is 0 Å². The smallest absolute Gasteiger partial charge is 0.238 e. The fourth-order valence-electron chi connectivity index (χ4n) is 2.32. The minimum absolute atomic E-state index is 0.105. The van der Waals surface area contributed by atoms with Crippen LogP contribution in [0.3, 0.4) is 0 Å². The van der Waals surface area contributed by atoms with Crippen LogP contribution in [0.1, 0.15) is 30.5 Å². The number of benzene rings is 2. The summed E-state index contributed by atoms with van der Waals surface area (Å²) in [6.45, 7) is 4.29. The molecule has 1 amide bonds. The average molecular weight is 396 g/mol. The van der Waals surface area contributed by atoms with E-state index in [0.717, 1.165) is 22.0 Å². The number of carbonyl (C=O) groups excluding carboxylic acids is 1. The van der Waals surface area contributed by atoms with Gasteiger partial charge in [0.15, 0.2) is 0 Å². The molecule has 0 radical (unpaired) electrons. The van der Waals surface area contributed by atoms with Crippen molar-refractivity contribution in [1.82, 2.24) is 5.32 Å². The van der Waals surface area contributed by atoms with Crippen molar-refractivity contribution < 1.29 is 4.79 Å². The summed E-state index contributed by atoms with van der Waals surface area (Å²) in [7, 11) is 0. The molecule has 23 heavy (non-hydrogen) atoms. The average Bonchev–Trinajstić information content (AvgIpc) is 2.52. The standard InChI is InChI=1S/C18H20BrClN2O/c1-3-16(13-5-7-14(19)8-6-13)21-11-18(23)22-17-9-4-12(2)10-15(17)20/h4-10,16,21H,3,11H2,1-2H3,(H,22,23)/t16-/m1/s1. The van der Waals surface area contributed by atoms with Crippen molar-refractivity contribution in [2.45, 2.75) is 26.3 Å². The van der Waals surface area contributed by atoms with Gasteiger partial charge in [-0.05, 0) is 48.7 Å². The first-order valence-corrected chi connectivity index (χ1v) is 8.71. The van der Waals surface area contributed by atoms with Crippen molar-refractivity contribution in [3.63, 3.8) is 0 Å². The highest BCUT2D eigenvalue weighted by Crippen LogP contribution is 2.23. The lowest BCUT2D eigenvalue weighted by Gasteiger charge is -2.17. The van der Waals surface area contributed by atoms with Gasteiger partial charge in [0, 0.05) is 10.5 Å². The van der Waals surface area contributed by atoms with Crippen molar-refractivity contribution >= 4 is 39.1 Å². The van der Waals surface area contributed by atoms with Crippen LogP contribution in [0.25, 0.3) is 0 Å². The monoisotopic (exact) mass is 394 g/mol. The van der Waals surface area contributed by atoms with Crippen LogP contribution in [0.5, 0.6) is 0 Å². The van der Waals surface area contributed by atoms with Crippen LogP contribution in [0.15, 0.2) is 46.9 Å². The van der Waals surface area contributed by atoms with E-state index < -0.39 is 0 Å². The van der Waals surface area contributed by atoms with Gasteiger partial charge in [0.2, 0.25) is 5.91 Å². The largest absolute Gasteiger partial charge is 0.324 e. The molecule has 5 heteroatoms. The summed E-state index contributed by atoms with van der Waals surface area (Å²) < 4.78 is 1.04. The molecule has 0 bridgehead atoms. The minimum atomic E-state index is -0.105. The summed E-state index contributed by atoms with van der Waals surface area (Å²) in [6.07, 6.45) is 0.903. The topological polar surface area (TPSA) is 41.1 Å². The summed E-state index contributed by atoms with van der Waals surface area (Å²) in [6, 6.07) is 13.8. The van der Waals surface area contributed by atoms with Crippen molar-refractivity contribution in [1.29, 1.82) is 0 Å². The molecule has 1 atom stereocenters. The zero-order valence-corrected chi connectivity index (χ0v) is 15.5. The number of aryl methyl sites for hydroxylation is 1. The predicted octanol–water partition coefficient (Wildman–Crippen LogP) is 5.09. The van der Waals surface area contributed by atoms with Gasteiger partial charge in [0.05, 0.1) is 17.3 Å². The molecule has 0 spiro atoms. The van der Waals surface area contributed by atoms with Gasteiger partial charge in [-0.3, -0.25) is 4.79 Å². The number of hydrogen-bond acceptors (Lipinski definition) is 2. The molecule has 0 saturated heterocycles. The van der Waals surface area contributed by atoms with Gasteiger partial charge in [-0.1, -0.05) is 52.7 Å². The van der Waals surface area contributed by atoms with E-state index in [2.05, 4.69) is 45.6 Å². The first kappa shape index (κ1) is 18.0. The van der Waals surface area contributed by atoms with Crippen LogP contribution in [0, 0.1) is 6.92 Å². The van der Waals surface area contributed by atoms with E-state index in [1.807, 2.05) is 37.3 Å². The Morgan fingerprint density at radius 2 is 1.91 bits per heavy atom. The lowest BCUT2D eigenvalue weighted by atomic mass is 10.0. The number of carbonyl (C=O) groups is 1. The molecule has 2 aromatic carbocycles. The van der Waals surface area contributed by atoms with Gasteiger partial charge in [-0.15, -0.1) is 0 Å². The fraction of sp³-hybridized carbons (Fsp3) is 0.278. The molecule has 2 rings (SSSR count). The summed E-state index contributed by atoms with van der Waals surface area (Å²) in [5.41, 5.74) is 2.87. The van der Waals surface area contributed by atoms with Crippen LogP contribution in [-0.2, 0) is 4.79 Å². The van der Waals surface area contributed by atoms with Gasteiger partial charge in [0.1, 0.15) is 0 Å². The third-order valence-electron chi connectivity index (χ3n) is 3.59. The predicted molar refractivity (Wildman–Crippen MR) is 100.0 cm³/mol. The minimum Gasteiger partial charge on any atom is -0.324 e. The maximum absolute atomic E-state index is 12.1. The summed E-state index contributed by atoms with van der Waals surface area (Å²) >= 11 is 9.57. The second kappa shape index (κ2) is 8.48. The quantitative estimate of drug-likeness (QED) is 0.715. The zero-order chi connectivity index (χ0) is 16.8. The Balaban J connectivity index is 1.93. The van der Waals surface area contributed by atoms with Gasteiger partial charge < -0.3 is 10.6 Å². The normalized spacial score (nSPS) is 12.0. The van der Waals surface area contributed by atoms with E-state index >= 15 is 0 Å². The van der Waals surface area contributed by atoms with Gasteiger partial charge >= 0.3 is 0 Å². The summed E-state index contributed by atoms with van der Waals surface area (Å²) in [5.74, 6) is -0.105. The lowest BCUT2D eigenvalue weighted by Crippen LogP contribution is -2.31. The number of rotatable bonds is 6. The van der Waals surface area contributed by atoms with Crippen molar-refractivity contribution in [2.75, 3.05) is 11.9 Å². The second-order valence-corrected chi connectivity index (χ2v) is 6.75. The van der Waals surface area contributed by atoms with Crippen LogP contribution in [-0.4, -0.2) is 12.5 Å². The lowest BCUT2D eigenvalue weighted by molar-refractivity contribution is -0.115. The van der Waals surface area contributed by atoms with Crippen LogP contribution in [0.2, 0.25) is 5.02 Å². The van der Waals surface area contributed by atoms with E-state index in [9.17, 15) is 4.79 Å². The molecular weight excluding hydrogens is 376 g/mol. The van der Waals surface area contributed by atoms with Gasteiger partial charge in [-0.25, -0.2) is 0 Å². The number of nitrogens with one attached hydrogen (secondary N) is 2. The fourth-order valence-corrected chi connectivity index (χ4v) is 2.87. The molecule has 0 aliphatic carbocycles. The highest BCUT2D eigenvalue weighted by Gasteiger charge is 2.11. The van der Waals surface area contributed by atoms with Crippen molar-refractivity contribution in [3.8, 4) is 0 Å². The SMILES string of the molecule is CC[C@@H](NCC(=O)Nc1ccc(C)cc1Cl)c1ccc(Br)cc1. The van der Waals surface area contributed by atoms with Gasteiger partial charge in [0.25, 0.3) is 0 Å². The third-order valence-corrected chi connectivity index (χ3v) is 4.43. The molecule has 2 aromatic rings. The molecule has 0 aliphatic heterocycles. The molecule has 0 saturated carbocycles. The molecule has 0 aromatic heterocycles. The molecule has 0 unspecified atom stereocenters. The Hall–Kier alpha value is -1.36. The van der Waals surface area contributed by atoms with Crippen LogP contribution in [0.4, 0.5) is 5.69 Å². The molecule has 0 heterocycles. The van der Waals surface area contributed by atoms with E-state index in [4.69, 9.17) is 11.6 Å². The highest BCUT2D eigenvalue weighted by atomic mass is 79.9. The highest BCUT2D eigenvalue weighted by molar-refractivity contribution is 9.10. The van der Waals surface area contributed by atoms with E-state index in [-0.39, 0.29) is 18.5 Å². The first-order chi connectivity index (χ1) is 11.0. The number of anilines is 1. The van der Waals surface area contributed by atoms with E-state index in [1.165, 1.54) is 0 Å².